The summed E-state index contributed by atoms with van der Waals surface area (Å²) < 4.78 is 50.4. The molecule has 0 aliphatic rings. The molecule has 0 aliphatic heterocycles. The number of thiophene rings is 1. The molecule has 28 heavy (non-hydrogen) atoms. The van der Waals surface area contributed by atoms with Crippen LogP contribution in [0.1, 0.15) is 20.2 Å². The standard InChI is InChI=1S/C18H12F3NO5S/c1-25-17(24)15-12(8-9-28-15)13-6-7-14(26-13)16(23)22-10-2-4-11(5-3-10)27-18(19,20)21/h2-9H,1H3,(H,22,23). The van der Waals surface area contributed by atoms with Crippen LogP contribution in [0.4, 0.5) is 18.9 Å². The van der Waals surface area contributed by atoms with Crippen LogP contribution in [0, 0.1) is 0 Å². The van der Waals surface area contributed by atoms with E-state index in [4.69, 9.17) is 9.15 Å². The summed E-state index contributed by atoms with van der Waals surface area (Å²) in [4.78, 5) is 24.4. The molecule has 1 amide bonds. The lowest BCUT2D eigenvalue weighted by molar-refractivity contribution is -0.274. The minimum Gasteiger partial charge on any atom is -0.465 e. The van der Waals surface area contributed by atoms with E-state index >= 15 is 0 Å². The largest absolute Gasteiger partial charge is 0.573 e. The first kappa shape index (κ1) is 19.5. The molecule has 0 unspecified atom stereocenters. The van der Waals surface area contributed by atoms with Crippen molar-refractivity contribution in [1.29, 1.82) is 0 Å². The Morgan fingerprint density at radius 1 is 1.07 bits per heavy atom. The normalized spacial score (nSPS) is 11.1. The van der Waals surface area contributed by atoms with Gasteiger partial charge in [0.1, 0.15) is 16.4 Å². The molecule has 0 atom stereocenters. The van der Waals surface area contributed by atoms with Gasteiger partial charge >= 0.3 is 12.3 Å². The van der Waals surface area contributed by atoms with Gasteiger partial charge in [0.15, 0.2) is 5.76 Å². The van der Waals surface area contributed by atoms with Gasteiger partial charge in [0.2, 0.25) is 0 Å². The first-order valence-corrected chi connectivity index (χ1v) is 8.58. The number of halogens is 3. The van der Waals surface area contributed by atoms with Gasteiger partial charge in [0.25, 0.3) is 5.91 Å². The van der Waals surface area contributed by atoms with Crippen molar-refractivity contribution in [3.63, 3.8) is 0 Å². The number of amides is 1. The second kappa shape index (κ2) is 7.77. The van der Waals surface area contributed by atoms with E-state index in [9.17, 15) is 22.8 Å². The molecule has 3 aromatic rings. The molecule has 1 N–H and O–H groups in total. The van der Waals surface area contributed by atoms with Gasteiger partial charge in [-0.25, -0.2) is 4.79 Å². The number of hydrogen-bond acceptors (Lipinski definition) is 6. The fourth-order valence-electron chi connectivity index (χ4n) is 2.29. The van der Waals surface area contributed by atoms with E-state index in [0.29, 0.717) is 16.2 Å². The van der Waals surface area contributed by atoms with Crippen LogP contribution in [0.2, 0.25) is 0 Å². The van der Waals surface area contributed by atoms with Crippen LogP contribution < -0.4 is 10.1 Å². The highest BCUT2D eigenvalue weighted by atomic mass is 32.1. The summed E-state index contributed by atoms with van der Waals surface area (Å²) in [6.07, 6.45) is -4.79. The maximum atomic E-state index is 12.3. The van der Waals surface area contributed by atoms with Crippen LogP contribution in [0.15, 0.2) is 52.3 Å². The number of esters is 1. The number of methoxy groups -OCH3 is 1. The van der Waals surface area contributed by atoms with Gasteiger partial charge in [0.05, 0.1) is 7.11 Å². The highest BCUT2D eigenvalue weighted by Gasteiger charge is 2.31. The van der Waals surface area contributed by atoms with E-state index < -0.39 is 24.0 Å². The molecule has 2 heterocycles. The monoisotopic (exact) mass is 411 g/mol. The molecule has 146 valence electrons. The van der Waals surface area contributed by atoms with Gasteiger partial charge in [0, 0.05) is 11.3 Å². The van der Waals surface area contributed by atoms with Gasteiger partial charge < -0.3 is 19.2 Å². The summed E-state index contributed by atoms with van der Waals surface area (Å²) in [5.74, 6) is -1.26. The second-order valence-electron chi connectivity index (χ2n) is 5.35. The summed E-state index contributed by atoms with van der Waals surface area (Å²) in [6, 6.07) is 9.29. The fourth-order valence-corrected chi connectivity index (χ4v) is 3.11. The molecular formula is C18H12F3NO5S. The summed E-state index contributed by atoms with van der Waals surface area (Å²) in [5.41, 5.74) is 0.743. The van der Waals surface area contributed by atoms with Gasteiger partial charge in [-0.05, 0) is 47.8 Å². The third kappa shape index (κ3) is 4.52. The highest BCUT2D eigenvalue weighted by molar-refractivity contribution is 7.12. The lowest BCUT2D eigenvalue weighted by atomic mass is 10.2. The Balaban J connectivity index is 1.71. The van der Waals surface area contributed by atoms with Crippen LogP contribution in [0.5, 0.6) is 5.75 Å². The van der Waals surface area contributed by atoms with Crippen molar-refractivity contribution in [2.45, 2.75) is 6.36 Å². The zero-order valence-electron chi connectivity index (χ0n) is 14.2. The van der Waals surface area contributed by atoms with E-state index in [1.165, 1.54) is 42.7 Å². The van der Waals surface area contributed by atoms with Crippen molar-refractivity contribution < 1.29 is 36.7 Å². The molecule has 1 aromatic carbocycles. The summed E-state index contributed by atoms with van der Waals surface area (Å²) in [6.45, 7) is 0. The number of ether oxygens (including phenoxy) is 2. The predicted octanol–water partition coefficient (Wildman–Crippen LogP) is 4.95. The Kier molecular flexibility index (Phi) is 5.41. The van der Waals surface area contributed by atoms with Crippen molar-refractivity contribution in [2.75, 3.05) is 12.4 Å². The van der Waals surface area contributed by atoms with Crippen molar-refractivity contribution >= 4 is 28.9 Å². The van der Waals surface area contributed by atoms with Crippen molar-refractivity contribution in [1.82, 2.24) is 0 Å². The Hall–Kier alpha value is -3.27. The van der Waals surface area contributed by atoms with Crippen LogP contribution in [0.25, 0.3) is 11.3 Å². The Morgan fingerprint density at radius 2 is 1.79 bits per heavy atom. The average molecular weight is 411 g/mol. The maximum Gasteiger partial charge on any atom is 0.573 e. The first-order valence-electron chi connectivity index (χ1n) is 7.70. The van der Waals surface area contributed by atoms with E-state index in [1.54, 1.807) is 11.4 Å². The van der Waals surface area contributed by atoms with Crippen molar-refractivity contribution in [3.05, 3.63) is 58.5 Å². The molecule has 0 saturated carbocycles. The zero-order valence-corrected chi connectivity index (χ0v) is 15.0. The quantitative estimate of drug-likeness (QED) is 0.602. The van der Waals surface area contributed by atoms with Crippen molar-refractivity contribution in [3.8, 4) is 17.1 Å². The first-order chi connectivity index (χ1) is 13.3. The third-order valence-corrected chi connectivity index (χ3v) is 4.37. The zero-order chi connectivity index (χ0) is 20.3. The number of benzene rings is 1. The van der Waals surface area contributed by atoms with Gasteiger partial charge in [-0.15, -0.1) is 24.5 Å². The SMILES string of the molecule is COC(=O)c1sccc1-c1ccc(C(=O)Nc2ccc(OC(F)(F)F)cc2)o1. The lowest BCUT2D eigenvalue weighted by Gasteiger charge is -2.09. The summed E-state index contributed by atoms with van der Waals surface area (Å²) in [5, 5.41) is 4.19. The van der Waals surface area contributed by atoms with Gasteiger partial charge in [-0.1, -0.05) is 0 Å². The Morgan fingerprint density at radius 3 is 2.43 bits per heavy atom. The number of nitrogens with one attached hydrogen (secondary N) is 1. The topological polar surface area (TPSA) is 77.8 Å². The smallest absolute Gasteiger partial charge is 0.465 e. The molecule has 2 aromatic heterocycles. The lowest BCUT2D eigenvalue weighted by Crippen LogP contribution is -2.17. The van der Waals surface area contributed by atoms with Crippen LogP contribution >= 0.6 is 11.3 Å². The maximum absolute atomic E-state index is 12.3. The van der Waals surface area contributed by atoms with Crippen LogP contribution in [0.3, 0.4) is 0 Å². The molecule has 0 spiro atoms. The Labute approximate surface area is 160 Å². The minimum absolute atomic E-state index is 0.0346. The second-order valence-corrected chi connectivity index (χ2v) is 6.26. The number of carbonyl (C=O) groups excluding carboxylic acids is 2. The van der Waals surface area contributed by atoms with E-state index in [0.717, 1.165) is 12.1 Å². The summed E-state index contributed by atoms with van der Waals surface area (Å²) in [7, 11) is 1.26. The number of rotatable bonds is 5. The molecule has 0 bridgehead atoms. The highest BCUT2D eigenvalue weighted by Crippen LogP contribution is 2.31. The molecule has 0 fully saturated rings. The van der Waals surface area contributed by atoms with Crippen LogP contribution in [-0.2, 0) is 4.74 Å². The minimum atomic E-state index is -4.79. The number of hydrogen-bond donors (Lipinski definition) is 1. The number of alkyl halides is 3. The fraction of sp³-hybridized carbons (Fsp3) is 0.111. The van der Waals surface area contributed by atoms with Gasteiger partial charge in [-0.2, -0.15) is 0 Å². The average Bonchev–Trinajstić information content (AvgIpc) is 3.30. The summed E-state index contributed by atoms with van der Waals surface area (Å²) >= 11 is 1.18. The molecule has 10 heteroatoms. The Bertz CT molecular complexity index is 991. The molecule has 0 radical (unpaired) electrons. The molecule has 3 rings (SSSR count). The van der Waals surface area contributed by atoms with Crippen molar-refractivity contribution in [2.24, 2.45) is 0 Å². The third-order valence-electron chi connectivity index (χ3n) is 3.48. The molecule has 0 aliphatic carbocycles. The molecule has 6 nitrogen and oxygen atoms in total. The van der Waals surface area contributed by atoms with Crippen LogP contribution in [-0.4, -0.2) is 25.3 Å². The number of carbonyl (C=O) groups is 2. The van der Waals surface area contributed by atoms with E-state index in [2.05, 4.69) is 10.1 Å². The van der Waals surface area contributed by atoms with E-state index in [1.807, 2.05) is 0 Å². The number of furan rings is 1. The molecular weight excluding hydrogens is 399 g/mol. The predicted molar refractivity (Wildman–Crippen MR) is 94.4 cm³/mol. The van der Waals surface area contributed by atoms with Gasteiger partial charge in [-0.3, -0.25) is 4.79 Å². The number of anilines is 1. The molecule has 0 saturated heterocycles. The van der Waals surface area contributed by atoms with E-state index in [-0.39, 0.29) is 11.4 Å².